The molecule has 0 unspecified atom stereocenters. The molecule has 18 heavy (non-hydrogen) atoms. The van der Waals surface area contributed by atoms with Gasteiger partial charge in [0.2, 0.25) is 5.91 Å². The number of rotatable bonds is 3. The molecule has 1 aromatic carbocycles. The zero-order chi connectivity index (χ0) is 13.5. The molecule has 2 rings (SSSR count). The third-order valence-electron chi connectivity index (χ3n) is 2.90. The Morgan fingerprint density at radius 1 is 1.39 bits per heavy atom. The van der Waals surface area contributed by atoms with Crippen molar-refractivity contribution in [2.24, 2.45) is 11.1 Å². The Balaban J connectivity index is 2.26. The predicted octanol–water partition coefficient (Wildman–Crippen LogP) is 3.76. The first-order valence-electron chi connectivity index (χ1n) is 5.13. The largest absolute Gasteiger partial charge is 0.392 e. The zero-order valence-corrected chi connectivity index (χ0v) is 13.0. The van der Waals surface area contributed by atoms with Crippen molar-refractivity contribution in [1.29, 1.82) is 0 Å². The van der Waals surface area contributed by atoms with Crippen LogP contribution in [0.15, 0.2) is 16.6 Å². The maximum absolute atomic E-state index is 12.1. The summed E-state index contributed by atoms with van der Waals surface area (Å²) in [4.78, 5) is 12.3. The molecule has 7 heteroatoms. The Kier molecular flexibility index (Phi) is 3.88. The lowest BCUT2D eigenvalue weighted by molar-refractivity contribution is -0.118. The lowest BCUT2D eigenvalue weighted by Crippen LogP contribution is -2.35. The van der Waals surface area contributed by atoms with Gasteiger partial charge < -0.3 is 11.1 Å². The van der Waals surface area contributed by atoms with E-state index in [-0.39, 0.29) is 10.9 Å². The van der Waals surface area contributed by atoms with Gasteiger partial charge in [-0.05, 0) is 25.0 Å². The Morgan fingerprint density at radius 3 is 2.28 bits per heavy atom. The maximum atomic E-state index is 12.1. The van der Waals surface area contributed by atoms with Gasteiger partial charge in [-0.3, -0.25) is 4.79 Å². The first kappa shape index (κ1) is 14.1. The van der Waals surface area contributed by atoms with E-state index >= 15 is 0 Å². The lowest BCUT2D eigenvalue weighted by atomic mass is 10.1. The molecule has 0 aliphatic heterocycles. The van der Waals surface area contributed by atoms with Gasteiger partial charge in [0.05, 0.1) is 26.1 Å². The standard InChI is InChI=1S/C11H9BrCl2N2OS/c12-5-3-6(13)8(7(14)4-5)16-10(17)11(1-2-11)9(15)18/h3-4H,1-2H2,(H2,15,18)(H,16,17). The highest BCUT2D eigenvalue weighted by Crippen LogP contribution is 2.47. The molecule has 0 atom stereocenters. The average Bonchev–Trinajstić information content (AvgIpc) is 3.03. The van der Waals surface area contributed by atoms with Crippen LogP contribution in [-0.2, 0) is 4.79 Å². The topological polar surface area (TPSA) is 55.1 Å². The minimum absolute atomic E-state index is 0.212. The molecule has 1 aromatic rings. The third kappa shape index (κ3) is 2.50. The van der Waals surface area contributed by atoms with Crippen molar-refractivity contribution in [3.63, 3.8) is 0 Å². The van der Waals surface area contributed by atoms with Crippen molar-refractivity contribution < 1.29 is 4.79 Å². The summed E-state index contributed by atoms with van der Waals surface area (Å²) >= 11 is 20.3. The Morgan fingerprint density at radius 2 is 1.89 bits per heavy atom. The number of carbonyl (C=O) groups excluding carboxylic acids is 1. The minimum Gasteiger partial charge on any atom is -0.392 e. The quantitative estimate of drug-likeness (QED) is 0.799. The lowest BCUT2D eigenvalue weighted by Gasteiger charge is -2.15. The van der Waals surface area contributed by atoms with E-state index in [9.17, 15) is 4.79 Å². The molecule has 0 spiro atoms. The first-order chi connectivity index (χ1) is 8.36. The number of benzene rings is 1. The fourth-order valence-corrected chi connectivity index (χ4v) is 3.20. The minimum atomic E-state index is -0.727. The number of amides is 1. The predicted molar refractivity (Wildman–Crippen MR) is 81.2 cm³/mol. The highest BCUT2D eigenvalue weighted by atomic mass is 79.9. The molecule has 0 aromatic heterocycles. The van der Waals surface area contributed by atoms with Crippen molar-refractivity contribution in [1.82, 2.24) is 0 Å². The molecule has 0 saturated heterocycles. The fourth-order valence-electron chi connectivity index (χ4n) is 1.61. The second-order valence-electron chi connectivity index (χ2n) is 4.14. The van der Waals surface area contributed by atoms with Crippen LogP contribution in [0, 0.1) is 5.41 Å². The van der Waals surface area contributed by atoms with Gasteiger partial charge in [0.15, 0.2) is 0 Å². The van der Waals surface area contributed by atoms with Crippen LogP contribution >= 0.6 is 51.3 Å². The smallest absolute Gasteiger partial charge is 0.237 e. The second kappa shape index (κ2) is 4.96. The maximum Gasteiger partial charge on any atom is 0.237 e. The summed E-state index contributed by atoms with van der Waals surface area (Å²) < 4.78 is 0.742. The van der Waals surface area contributed by atoms with E-state index in [0.717, 1.165) is 4.47 Å². The van der Waals surface area contributed by atoms with E-state index in [4.69, 9.17) is 41.2 Å². The van der Waals surface area contributed by atoms with Gasteiger partial charge >= 0.3 is 0 Å². The Bertz CT molecular complexity index is 523. The molecule has 1 fully saturated rings. The van der Waals surface area contributed by atoms with Crippen molar-refractivity contribution in [2.45, 2.75) is 12.8 Å². The summed E-state index contributed by atoms with van der Waals surface area (Å²) in [5.41, 5.74) is 5.24. The first-order valence-corrected chi connectivity index (χ1v) is 7.08. The van der Waals surface area contributed by atoms with Crippen molar-refractivity contribution in [3.8, 4) is 0 Å². The highest BCUT2D eigenvalue weighted by Gasteiger charge is 2.52. The summed E-state index contributed by atoms with van der Waals surface area (Å²) in [7, 11) is 0. The Labute approximate surface area is 128 Å². The number of hydrogen-bond acceptors (Lipinski definition) is 2. The summed E-state index contributed by atoms with van der Waals surface area (Å²) in [6.45, 7) is 0. The van der Waals surface area contributed by atoms with Gasteiger partial charge in [-0.15, -0.1) is 0 Å². The van der Waals surface area contributed by atoms with Crippen molar-refractivity contribution in [2.75, 3.05) is 5.32 Å². The van der Waals surface area contributed by atoms with E-state index in [0.29, 0.717) is 28.6 Å². The molecular weight excluding hydrogens is 359 g/mol. The molecule has 1 saturated carbocycles. The van der Waals surface area contributed by atoms with Gasteiger partial charge in [-0.1, -0.05) is 51.3 Å². The zero-order valence-electron chi connectivity index (χ0n) is 9.10. The number of carbonyl (C=O) groups is 1. The van der Waals surface area contributed by atoms with Crippen molar-refractivity contribution >= 4 is 67.9 Å². The van der Waals surface area contributed by atoms with Crippen LogP contribution in [0.2, 0.25) is 10.0 Å². The van der Waals surface area contributed by atoms with Crippen LogP contribution in [-0.4, -0.2) is 10.9 Å². The van der Waals surface area contributed by atoms with Gasteiger partial charge in [-0.25, -0.2) is 0 Å². The van der Waals surface area contributed by atoms with Crippen LogP contribution < -0.4 is 11.1 Å². The molecule has 1 aliphatic rings. The summed E-state index contributed by atoms with van der Waals surface area (Å²) in [6, 6.07) is 3.31. The van der Waals surface area contributed by atoms with Gasteiger partial charge in [0, 0.05) is 4.47 Å². The molecule has 0 heterocycles. The van der Waals surface area contributed by atoms with E-state index in [1.54, 1.807) is 12.1 Å². The summed E-state index contributed by atoms with van der Waals surface area (Å²) in [6.07, 6.45) is 1.33. The summed E-state index contributed by atoms with van der Waals surface area (Å²) in [5.74, 6) is -0.249. The molecule has 3 N–H and O–H groups in total. The molecular formula is C11H9BrCl2N2OS. The number of halogens is 3. The fraction of sp³-hybridized carbons (Fsp3) is 0.273. The van der Waals surface area contributed by atoms with Crippen LogP contribution in [0.5, 0.6) is 0 Å². The molecule has 0 bridgehead atoms. The van der Waals surface area contributed by atoms with Crippen LogP contribution in [0.4, 0.5) is 5.69 Å². The molecule has 0 radical (unpaired) electrons. The normalized spacial score (nSPS) is 16.2. The number of hydrogen-bond donors (Lipinski definition) is 2. The number of thiocarbonyl (C=S) groups is 1. The molecule has 1 aliphatic carbocycles. The number of anilines is 1. The highest BCUT2D eigenvalue weighted by molar-refractivity contribution is 9.10. The summed E-state index contributed by atoms with van der Waals surface area (Å²) in [5, 5.41) is 3.42. The monoisotopic (exact) mass is 366 g/mol. The number of nitrogens with two attached hydrogens (primary N) is 1. The Hall–Kier alpha value is -0.360. The molecule has 1 amide bonds. The van der Waals surface area contributed by atoms with Gasteiger partial charge in [0.1, 0.15) is 0 Å². The van der Waals surface area contributed by atoms with Crippen molar-refractivity contribution in [3.05, 3.63) is 26.7 Å². The number of nitrogens with one attached hydrogen (secondary N) is 1. The van der Waals surface area contributed by atoms with Gasteiger partial charge in [-0.2, -0.15) is 0 Å². The second-order valence-corrected chi connectivity index (χ2v) is 6.31. The van der Waals surface area contributed by atoms with Gasteiger partial charge in [0.25, 0.3) is 0 Å². The third-order valence-corrected chi connectivity index (χ3v) is 4.35. The van der Waals surface area contributed by atoms with E-state index < -0.39 is 5.41 Å². The van der Waals surface area contributed by atoms with Crippen LogP contribution in [0.25, 0.3) is 0 Å². The van der Waals surface area contributed by atoms with E-state index in [1.165, 1.54) is 0 Å². The molecule has 96 valence electrons. The van der Waals surface area contributed by atoms with E-state index in [2.05, 4.69) is 21.2 Å². The van der Waals surface area contributed by atoms with Crippen LogP contribution in [0.3, 0.4) is 0 Å². The molecule has 3 nitrogen and oxygen atoms in total. The van der Waals surface area contributed by atoms with E-state index in [1.807, 2.05) is 0 Å². The van der Waals surface area contributed by atoms with Crippen LogP contribution in [0.1, 0.15) is 12.8 Å². The average molecular weight is 368 g/mol. The SMILES string of the molecule is NC(=S)C1(C(=O)Nc2c(Cl)cc(Br)cc2Cl)CC1.